The normalized spacial score (nSPS) is 29.1. The minimum absolute atomic E-state index is 0.0001000. The number of ether oxygens (including phenoxy) is 1. The number of amides is 3. The van der Waals surface area contributed by atoms with Crippen molar-refractivity contribution in [1.29, 1.82) is 0 Å². The number of nitrogens with one attached hydrogen (secondary N) is 1. The molecule has 3 amide bonds. The van der Waals surface area contributed by atoms with Crippen molar-refractivity contribution in [2.75, 3.05) is 31.6 Å². The molecule has 3 atom stereocenters. The van der Waals surface area contributed by atoms with Gasteiger partial charge in [0.1, 0.15) is 11.8 Å². The van der Waals surface area contributed by atoms with Crippen LogP contribution in [0.25, 0.3) is 0 Å². The highest BCUT2D eigenvalue weighted by molar-refractivity contribution is 6.02. The van der Waals surface area contributed by atoms with Crippen molar-refractivity contribution in [2.24, 2.45) is 11.3 Å². The Morgan fingerprint density at radius 1 is 1.29 bits per heavy atom. The van der Waals surface area contributed by atoms with E-state index >= 15 is 0 Å². The summed E-state index contributed by atoms with van der Waals surface area (Å²) in [6.07, 6.45) is 2.84. The summed E-state index contributed by atoms with van der Waals surface area (Å²) < 4.78 is 5.33. The molecular weight excluding hydrogens is 362 g/mol. The number of carboxylic acid groups (broad SMARTS) is 1. The molecule has 0 aromatic heterocycles. The van der Waals surface area contributed by atoms with Gasteiger partial charge in [0.2, 0.25) is 5.91 Å². The fourth-order valence-corrected chi connectivity index (χ4v) is 4.94. The van der Waals surface area contributed by atoms with Gasteiger partial charge in [-0.3, -0.25) is 9.59 Å². The lowest BCUT2D eigenvalue weighted by Crippen LogP contribution is -2.48. The number of aliphatic carboxylic acids is 1. The maximum absolute atomic E-state index is 12.8. The standard InChI is InChI=1S/C20H25N3O5/c1-28-16-7-3-2-6-15(16)23-10-8-14(17(23)24)21-19(27)22-11-13-5-4-9-20(13,12-22)18(25)26/h2-3,6-7,13-14H,4-5,8-12H2,1H3,(H,21,27)(H,25,26)/t13-,14?,20+/m0/s1. The first-order valence-electron chi connectivity index (χ1n) is 9.69. The summed E-state index contributed by atoms with van der Waals surface area (Å²) in [4.78, 5) is 40.6. The summed E-state index contributed by atoms with van der Waals surface area (Å²) in [6, 6.07) is 6.33. The summed E-state index contributed by atoms with van der Waals surface area (Å²) >= 11 is 0. The molecule has 28 heavy (non-hydrogen) atoms. The van der Waals surface area contributed by atoms with Crippen molar-refractivity contribution in [3.8, 4) is 5.75 Å². The minimum Gasteiger partial charge on any atom is -0.495 e. The quantitative estimate of drug-likeness (QED) is 0.819. The van der Waals surface area contributed by atoms with Crippen molar-refractivity contribution >= 4 is 23.6 Å². The average molecular weight is 387 g/mol. The Balaban J connectivity index is 1.42. The van der Waals surface area contributed by atoms with Gasteiger partial charge in [-0.15, -0.1) is 0 Å². The molecule has 4 rings (SSSR count). The maximum atomic E-state index is 12.8. The van der Waals surface area contributed by atoms with Crippen LogP contribution < -0.4 is 15.0 Å². The van der Waals surface area contributed by atoms with E-state index in [0.29, 0.717) is 37.4 Å². The fourth-order valence-electron chi connectivity index (χ4n) is 4.94. The minimum atomic E-state index is -0.819. The van der Waals surface area contributed by atoms with E-state index in [2.05, 4.69) is 5.32 Å². The number of fused-ring (bicyclic) bond motifs is 1. The number of hydrogen-bond acceptors (Lipinski definition) is 4. The summed E-state index contributed by atoms with van der Waals surface area (Å²) in [5, 5.41) is 12.5. The number of nitrogens with zero attached hydrogens (tertiary/aromatic N) is 2. The molecule has 8 heteroatoms. The Bertz CT molecular complexity index is 813. The molecule has 3 fully saturated rings. The van der Waals surface area contributed by atoms with Crippen LogP contribution >= 0.6 is 0 Å². The van der Waals surface area contributed by atoms with Crippen LogP contribution in [0, 0.1) is 11.3 Å². The lowest BCUT2D eigenvalue weighted by molar-refractivity contribution is -0.149. The molecule has 1 saturated carbocycles. The van der Waals surface area contributed by atoms with Gasteiger partial charge in [0.25, 0.3) is 0 Å². The molecule has 0 bridgehead atoms. The van der Waals surface area contributed by atoms with Gasteiger partial charge in [-0.05, 0) is 37.3 Å². The number of anilines is 1. The number of para-hydroxylation sites is 2. The maximum Gasteiger partial charge on any atom is 0.318 e. The molecule has 2 saturated heterocycles. The van der Waals surface area contributed by atoms with E-state index in [9.17, 15) is 19.5 Å². The smallest absolute Gasteiger partial charge is 0.318 e. The second-order valence-corrected chi connectivity index (χ2v) is 7.88. The summed E-state index contributed by atoms with van der Waals surface area (Å²) in [7, 11) is 1.56. The van der Waals surface area contributed by atoms with Gasteiger partial charge in [-0.2, -0.15) is 0 Å². The monoisotopic (exact) mass is 387 g/mol. The van der Waals surface area contributed by atoms with Gasteiger partial charge in [-0.1, -0.05) is 18.6 Å². The van der Waals surface area contributed by atoms with Crippen LogP contribution in [0.5, 0.6) is 5.75 Å². The van der Waals surface area contributed by atoms with Crippen LogP contribution in [0.2, 0.25) is 0 Å². The summed E-state index contributed by atoms with van der Waals surface area (Å²) in [5.74, 6) is -0.381. The van der Waals surface area contributed by atoms with Gasteiger partial charge >= 0.3 is 12.0 Å². The Labute approximate surface area is 163 Å². The number of rotatable bonds is 4. The SMILES string of the molecule is COc1ccccc1N1CCC(NC(=O)N2C[C@@H]3CCC[C@@]3(C(=O)O)C2)C1=O. The third-order valence-electron chi connectivity index (χ3n) is 6.46. The van der Waals surface area contributed by atoms with Gasteiger partial charge in [0.05, 0.1) is 18.2 Å². The Kier molecular flexibility index (Phi) is 4.64. The molecular formula is C20H25N3O5. The second kappa shape index (κ2) is 7.00. The molecule has 1 aliphatic carbocycles. The molecule has 1 aromatic rings. The largest absolute Gasteiger partial charge is 0.495 e. The number of carbonyl (C=O) groups excluding carboxylic acids is 2. The van der Waals surface area contributed by atoms with E-state index < -0.39 is 17.4 Å². The zero-order chi connectivity index (χ0) is 19.9. The molecule has 1 aromatic carbocycles. The number of methoxy groups -OCH3 is 1. The number of carbonyl (C=O) groups is 3. The number of benzene rings is 1. The van der Waals surface area contributed by atoms with E-state index in [0.717, 1.165) is 12.8 Å². The molecule has 0 radical (unpaired) electrons. The zero-order valence-electron chi connectivity index (χ0n) is 15.9. The predicted molar refractivity (Wildman–Crippen MR) is 101 cm³/mol. The van der Waals surface area contributed by atoms with Crippen molar-refractivity contribution in [3.63, 3.8) is 0 Å². The number of hydrogen-bond donors (Lipinski definition) is 2. The molecule has 0 spiro atoms. The lowest BCUT2D eigenvalue weighted by atomic mass is 9.81. The molecule has 3 aliphatic rings. The van der Waals surface area contributed by atoms with Gasteiger partial charge in [0.15, 0.2) is 0 Å². The van der Waals surface area contributed by atoms with Crippen molar-refractivity contribution in [1.82, 2.24) is 10.2 Å². The molecule has 1 unspecified atom stereocenters. The lowest BCUT2D eigenvalue weighted by Gasteiger charge is -2.24. The third kappa shape index (κ3) is 2.87. The topological polar surface area (TPSA) is 99.2 Å². The second-order valence-electron chi connectivity index (χ2n) is 7.88. The van der Waals surface area contributed by atoms with Gasteiger partial charge < -0.3 is 25.0 Å². The average Bonchev–Trinajstić information content (AvgIpc) is 3.35. The Morgan fingerprint density at radius 3 is 2.79 bits per heavy atom. The molecule has 2 heterocycles. The third-order valence-corrected chi connectivity index (χ3v) is 6.46. The van der Waals surface area contributed by atoms with E-state index in [1.54, 1.807) is 23.0 Å². The summed E-state index contributed by atoms with van der Waals surface area (Å²) in [5.41, 5.74) is -0.132. The predicted octanol–water partition coefficient (Wildman–Crippen LogP) is 1.70. The van der Waals surface area contributed by atoms with Crippen molar-refractivity contribution < 1.29 is 24.2 Å². The first-order valence-corrected chi connectivity index (χ1v) is 9.69. The number of carboxylic acids is 1. The first kappa shape index (κ1) is 18.6. The molecule has 150 valence electrons. The van der Waals surface area contributed by atoms with E-state index in [-0.39, 0.29) is 24.4 Å². The van der Waals surface area contributed by atoms with Crippen LogP contribution in [0.4, 0.5) is 10.5 Å². The van der Waals surface area contributed by atoms with Crippen LogP contribution in [0.1, 0.15) is 25.7 Å². The highest BCUT2D eigenvalue weighted by Gasteiger charge is 2.56. The Hall–Kier alpha value is -2.77. The molecule has 8 nitrogen and oxygen atoms in total. The van der Waals surface area contributed by atoms with Crippen LogP contribution in [-0.2, 0) is 9.59 Å². The van der Waals surface area contributed by atoms with Crippen molar-refractivity contribution in [3.05, 3.63) is 24.3 Å². The fraction of sp³-hybridized carbons (Fsp3) is 0.550. The Morgan fingerprint density at radius 2 is 2.07 bits per heavy atom. The van der Waals surface area contributed by atoms with Crippen molar-refractivity contribution in [2.45, 2.75) is 31.7 Å². The number of urea groups is 1. The van der Waals surface area contributed by atoms with Crippen LogP contribution in [0.15, 0.2) is 24.3 Å². The van der Waals surface area contributed by atoms with E-state index in [1.807, 2.05) is 18.2 Å². The summed E-state index contributed by atoms with van der Waals surface area (Å²) in [6.45, 7) is 1.15. The van der Waals surface area contributed by atoms with E-state index in [4.69, 9.17) is 4.74 Å². The van der Waals surface area contributed by atoms with Gasteiger partial charge in [-0.25, -0.2) is 4.79 Å². The molecule has 2 N–H and O–H groups in total. The first-order chi connectivity index (χ1) is 13.5. The molecule has 2 aliphatic heterocycles. The highest BCUT2D eigenvalue weighted by atomic mass is 16.5. The van der Waals surface area contributed by atoms with Crippen LogP contribution in [-0.4, -0.2) is 60.7 Å². The highest BCUT2D eigenvalue weighted by Crippen LogP contribution is 2.48. The van der Waals surface area contributed by atoms with Gasteiger partial charge in [0, 0.05) is 19.6 Å². The van der Waals surface area contributed by atoms with E-state index in [1.165, 1.54) is 0 Å². The van der Waals surface area contributed by atoms with Crippen LogP contribution in [0.3, 0.4) is 0 Å². The zero-order valence-corrected chi connectivity index (χ0v) is 15.9. The number of likely N-dealkylation sites (tertiary alicyclic amines) is 1.